The van der Waals surface area contributed by atoms with Crippen LogP contribution in [0.15, 0.2) is 10.3 Å². The van der Waals surface area contributed by atoms with Crippen LogP contribution < -0.4 is 5.43 Å². The predicted octanol–water partition coefficient (Wildman–Crippen LogP) is 0.496. The fraction of sp³-hybridized carbons (Fsp3) is 1.00. The highest BCUT2D eigenvalue weighted by Gasteiger charge is 2.31. The van der Waals surface area contributed by atoms with Crippen LogP contribution in [0, 0.1) is 0 Å². The van der Waals surface area contributed by atoms with E-state index in [1.54, 1.807) is 6.92 Å². The minimum absolute atomic E-state index is 0.243. The minimum Gasteiger partial charge on any atom is -0.272 e. The van der Waals surface area contributed by atoms with Gasteiger partial charge in [-0.05, 0) is 13.3 Å². The summed E-state index contributed by atoms with van der Waals surface area (Å²) in [6.45, 7) is 3.80. The summed E-state index contributed by atoms with van der Waals surface area (Å²) in [6.07, 6.45) is 0.626. The molecule has 70 valence electrons. The van der Waals surface area contributed by atoms with Gasteiger partial charge in [0.1, 0.15) is 0 Å². The number of rotatable bonds is 3. The van der Waals surface area contributed by atoms with Gasteiger partial charge in [0.15, 0.2) is 15.2 Å². The second-order valence-electron chi connectivity index (χ2n) is 2.85. The van der Waals surface area contributed by atoms with Crippen LogP contribution in [-0.2, 0) is 9.84 Å². The van der Waals surface area contributed by atoms with E-state index in [4.69, 9.17) is 0 Å². The fourth-order valence-corrected chi connectivity index (χ4v) is 2.45. The van der Waals surface area contributed by atoms with Gasteiger partial charge in [0, 0.05) is 0 Å². The lowest BCUT2D eigenvalue weighted by Crippen LogP contribution is -2.38. The van der Waals surface area contributed by atoms with Crippen molar-refractivity contribution in [2.24, 2.45) is 10.3 Å². The van der Waals surface area contributed by atoms with E-state index in [1.807, 2.05) is 6.92 Å². The Hall–Kier alpha value is -0.650. The van der Waals surface area contributed by atoms with Gasteiger partial charge in [-0.1, -0.05) is 12.1 Å². The SMILES string of the molecule is CCC(C)S(=O)(=O)C1CN=NN1. The van der Waals surface area contributed by atoms with E-state index in [1.165, 1.54) is 0 Å². The molecule has 0 aromatic carbocycles. The van der Waals surface area contributed by atoms with Gasteiger partial charge in [-0.25, -0.2) is 8.42 Å². The van der Waals surface area contributed by atoms with Crippen LogP contribution >= 0.6 is 0 Å². The lowest BCUT2D eigenvalue weighted by Gasteiger charge is -2.14. The molecule has 2 atom stereocenters. The largest absolute Gasteiger partial charge is 0.272 e. The third-order valence-corrected chi connectivity index (χ3v) is 4.55. The molecule has 0 saturated heterocycles. The van der Waals surface area contributed by atoms with E-state index >= 15 is 0 Å². The first-order valence-corrected chi connectivity index (χ1v) is 5.54. The molecule has 0 aromatic rings. The van der Waals surface area contributed by atoms with Crippen molar-refractivity contribution in [3.63, 3.8) is 0 Å². The molecule has 12 heavy (non-hydrogen) atoms. The van der Waals surface area contributed by atoms with E-state index in [9.17, 15) is 8.42 Å². The maximum Gasteiger partial charge on any atom is 0.177 e. The van der Waals surface area contributed by atoms with Gasteiger partial charge in [0.25, 0.3) is 0 Å². The number of sulfone groups is 1. The summed E-state index contributed by atoms with van der Waals surface area (Å²) in [5.41, 5.74) is 2.48. The molecule has 0 spiro atoms. The normalized spacial score (nSPS) is 25.3. The second-order valence-corrected chi connectivity index (χ2v) is 5.40. The van der Waals surface area contributed by atoms with Crippen molar-refractivity contribution in [2.45, 2.75) is 30.9 Å². The summed E-state index contributed by atoms with van der Waals surface area (Å²) in [7, 11) is -3.09. The maximum absolute atomic E-state index is 11.6. The van der Waals surface area contributed by atoms with Crippen molar-refractivity contribution in [1.29, 1.82) is 0 Å². The lowest BCUT2D eigenvalue weighted by atomic mass is 10.4. The van der Waals surface area contributed by atoms with Crippen LogP contribution in [0.5, 0.6) is 0 Å². The van der Waals surface area contributed by atoms with Gasteiger partial charge in [-0.3, -0.25) is 5.43 Å². The molecule has 1 rings (SSSR count). The van der Waals surface area contributed by atoms with Crippen LogP contribution in [0.1, 0.15) is 20.3 Å². The van der Waals surface area contributed by atoms with Crippen molar-refractivity contribution in [1.82, 2.24) is 5.43 Å². The quantitative estimate of drug-likeness (QED) is 0.706. The van der Waals surface area contributed by atoms with Crippen LogP contribution in [0.2, 0.25) is 0 Å². The Bertz CT molecular complexity index is 265. The molecule has 0 fully saturated rings. The summed E-state index contributed by atoms with van der Waals surface area (Å²) < 4.78 is 23.2. The molecular formula is C6H13N3O2S. The Morgan fingerprint density at radius 2 is 2.33 bits per heavy atom. The van der Waals surface area contributed by atoms with Gasteiger partial charge in [0.05, 0.1) is 11.8 Å². The second kappa shape index (κ2) is 3.38. The summed E-state index contributed by atoms with van der Waals surface area (Å²) >= 11 is 0. The summed E-state index contributed by atoms with van der Waals surface area (Å²) in [5, 5.41) is 6.10. The Morgan fingerprint density at radius 1 is 1.67 bits per heavy atom. The highest BCUT2D eigenvalue weighted by Crippen LogP contribution is 2.13. The lowest BCUT2D eigenvalue weighted by molar-refractivity contribution is 0.556. The first kappa shape index (κ1) is 9.44. The first-order valence-electron chi connectivity index (χ1n) is 3.93. The topological polar surface area (TPSA) is 70.9 Å². The van der Waals surface area contributed by atoms with Crippen LogP contribution in [0.25, 0.3) is 0 Å². The van der Waals surface area contributed by atoms with Crippen molar-refractivity contribution < 1.29 is 8.42 Å². The van der Waals surface area contributed by atoms with E-state index < -0.39 is 15.2 Å². The highest BCUT2D eigenvalue weighted by atomic mass is 32.2. The van der Waals surface area contributed by atoms with Gasteiger partial charge in [0.2, 0.25) is 0 Å². The number of nitrogens with one attached hydrogen (secondary N) is 1. The summed E-state index contributed by atoms with van der Waals surface area (Å²) in [5.74, 6) is 0. The molecular weight excluding hydrogens is 178 g/mol. The molecule has 1 N–H and O–H groups in total. The number of hydrogen-bond acceptors (Lipinski definition) is 5. The zero-order valence-electron chi connectivity index (χ0n) is 7.19. The van der Waals surface area contributed by atoms with Gasteiger partial charge >= 0.3 is 0 Å². The Morgan fingerprint density at radius 3 is 2.75 bits per heavy atom. The number of nitrogens with zero attached hydrogens (tertiary/aromatic N) is 2. The smallest absolute Gasteiger partial charge is 0.177 e. The third-order valence-electron chi connectivity index (χ3n) is 2.05. The van der Waals surface area contributed by atoms with E-state index in [-0.39, 0.29) is 11.8 Å². The van der Waals surface area contributed by atoms with Crippen LogP contribution in [-0.4, -0.2) is 25.6 Å². The maximum atomic E-state index is 11.6. The Balaban J connectivity index is 2.72. The van der Waals surface area contributed by atoms with E-state index in [0.29, 0.717) is 6.42 Å². The monoisotopic (exact) mass is 191 g/mol. The zero-order chi connectivity index (χ0) is 9.19. The molecule has 1 heterocycles. The molecule has 6 heteroatoms. The van der Waals surface area contributed by atoms with Gasteiger partial charge in [-0.15, -0.1) is 0 Å². The Labute approximate surface area is 72.2 Å². The number of hydrogen-bond donors (Lipinski definition) is 1. The molecule has 0 saturated carbocycles. The fourth-order valence-electron chi connectivity index (χ4n) is 0.951. The van der Waals surface area contributed by atoms with E-state index in [2.05, 4.69) is 15.8 Å². The average molecular weight is 191 g/mol. The zero-order valence-corrected chi connectivity index (χ0v) is 8.00. The molecule has 0 bridgehead atoms. The van der Waals surface area contributed by atoms with Gasteiger partial charge in [-0.2, -0.15) is 5.11 Å². The van der Waals surface area contributed by atoms with Crippen molar-refractivity contribution in [3.05, 3.63) is 0 Å². The predicted molar refractivity (Wildman–Crippen MR) is 45.3 cm³/mol. The van der Waals surface area contributed by atoms with Crippen LogP contribution in [0.3, 0.4) is 0 Å². The van der Waals surface area contributed by atoms with Gasteiger partial charge < -0.3 is 0 Å². The summed E-state index contributed by atoms with van der Waals surface area (Å²) in [4.78, 5) is 0. The molecule has 1 aliphatic heterocycles. The Kier molecular flexibility index (Phi) is 2.66. The standard InChI is InChI=1S/C6H13N3O2S/c1-3-5(2)12(10,11)6-4-7-9-8-6/h5-6H,3-4H2,1-2H3,(H,7,8). The third kappa shape index (κ3) is 1.57. The van der Waals surface area contributed by atoms with E-state index in [0.717, 1.165) is 0 Å². The van der Waals surface area contributed by atoms with Crippen LogP contribution in [0.4, 0.5) is 0 Å². The molecule has 0 amide bonds. The molecule has 2 unspecified atom stereocenters. The molecule has 0 aromatic heterocycles. The summed E-state index contributed by atoms with van der Waals surface area (Å²) in [6, 6.07) is 0. The van der Waals surface area contributed by atoms with Crippen molar-refractivity contribution in [3.8, 4) is 0 Å². The molecule has 1 aliphatic rings. The first-order chi connectivity index (χ1) is 5.59. The minimum atomic E-state index is -3.09. The average Bonchev–Trinajstić information content (AvgIpc) is 2.55. The van der Waals surface area contributed by atoms with Crippen molar-refractivity contribution in [2.75, 3.05) is 6.54 Å². The molecule has 0 aliphatic carbocycles. The molecule has 0 radical (unpaired) electrons. The van der Waals surface area contributed by atoms with Crippen molar-refractivity contribution >= 4 is 9.84 Å². The highest BCUT2D eigenvalue weighted by molar-refractivity contribution is 7.92. The molecule has 5 nitrogen and oxygen atoms in total.